The normalized spacial score (nSPS) is 20.0. The summed E-state index contributed by atoms with van der Waals surface area (Å²) in [5.74, 6) is -2.12. The van der Waals surface area contributed by atoms with Crippen LogP contribution in [0.1, 0.15) is 43.8 Å². The molecule has 1 saturated heterocycles. The number of hydrogen-bond donors (Lipinski definition) is 1. The van der Waals surface area contributed by atoms with Crippen LogP contribution < -0.4 is 5.32 Å². The number of likely N-dealkylation sites (tertiary alicyclic amines) is 1. The molecule has 2 aromatic rings. The number of amides is 2. The summed E-state index contributed by atoms with van der Waals surface area (Å²) in [6.45, 7) is 0.337. The van der Waals surface area contributed by atoms with Gasteiger partial charge in [0.15, 0.2) is 0 Å². The van der Waals surface area contributed by atoms with Gasteiger partial charge in [-0.15, -0.1) is 0 Å². The highest BCUT2D eigenvalue weighted by Crippen LogP contribution is 2.31. The third kappa shape index (κ3) is 4.93. The minimum Gasteiger partial charge on any atom is -0.447 e. The van der Waals surface area contributed by atoms with Crippen LogP contribution in [0.2, 0.25) is 0 Å². The Morgan fingerprint density at radius 1 is 1.03 bits per heavy atom. The number of hydrogen-bond acceptors (Lipinski definition) is 4. The lowest BCUT2D eigenvalue weighted by molar-refractivity contribution is -0.158. The van der Waals surface area contributed by atoms with E-state index >= 15 is 0 Å². The first-order chi connectivity index (χ1) is 15.0. The van der Waals surface area contributed by atoms with Gasteiger partial charge < -0.3 is 15.0 Å². The Hall–Kier alpha value is -3.22. The van der Waals surface area contributed by atoms with Crippen molar-refractivity contribution in [1.29, 1.82) is 0 Å². The molecule has 31 heavy (non-hydrogen) atoms. The van der Waals surface area contributed by atoms with E-state index in [2.05, 4.69) is 5.32 Å². The van der Waals surface area contributed by atoms with Crippen molar-refractivity contribution in [2.24, 2.45) is 5.92 Å². The molecule has 7 heteroatoms. The molecule has 1 aliphatic carbocycles. The van der Waals surface area contributed by atoms with Gasteiger partial charge >= 0.3 is 5.97 Å². The minimum atomic E-state index is -1.17. The highest BCUT2D eigenvalue weighted by Gasteiger charge is 2.40. The van der Waals surface area contributed by atoms with Crippen LogP contribution in [0.25, 0.3) is 0 Å². The highest BCUT2D eigenvalue weighted by atomic mass is 19.1. The highest BCUT2D eigenvalue weighted by molar-refractivity contribution is 5.96. The summed E-state index contributed by atoms with van der Waals surface area (Å²) in [4.78, 5) is 40.1. The van der Waals surface area contributed by atoms with Crippen LogP contribution in [0.5, 0.6) is 0 Å². The van der Waals surface area contributed by atoms with Crippen molar-refractivity contribution < 1.29 is 23.5 Å². The molecular formula is C24H25FN2O4. The number of ether oxygens (including phenoxy) is 1. The zero-order valence-corrected chi connectivity index (χ0v) is 17.1. The van der Waals surface area contributed by atoms with Gasteiger partial charge in [-0.05, 0) is 37.1 Å². The molecule has 1 saturated carbocycles. The van der Waals surface area contributed by atoms with Crippen LogP contribution in [0, 0.1) is 11.7 Å². The predicted molar refractivity (Wildman–Crippen MR) is 112 cm³/mol. The molecule has 0 bridgehead atoms. The van der Waals surface area contributed by atoms with Crippen molar-refractivity contribution in [3.8, 4) is 0 Å². The first kappa shape index (κ1) is 21.0. The van der Waals surface area contributed by atoms with Crippen LogP contribution in [0.3, 0.4) is 0 Å². The molecular weight excluding hydrogens is 399 g/mol. The number of nitrogens with one attached hydrogen (secondary N) is 1. The lowest BCUT2D eigenvalue weighted by Gasteiger charge is -2.24. The van der Waals surface area contributed by atoms with E-state index in [1.54, 1.807) is 35.2 Å². The third-order valence-electron chi connectivity index (χ3n) is 5.94. The molecule has 4 rings (SSSR count). The maximum absolute atomic E-state index is 13.2. The second-order valence-electron chi connectivity index (χ2n) is 8.11. The lowest BCUT2D eigenvalue weighted by atomic mass is 10.1. The first-order valence-corrected chi connectivity index (χ1v) is 10.6. The number of rotatable bonds is 6. The Balaban J connectivity index is 1.47. The fraction of sp³-hybridized carbons (Fsp3) is 0.375. The summed E-state index contributed by atoms with van der Waals surface area (Å²) in [5, 5.41) is 2.67. The molecule has 2 aliphatic rings. The van der Waals surface area contributed by atoms with E-state index in [9.17, 15) is 18.8 Å². The molecule has 2 fully saturated rings. The second kappa shape index (κ2) is 9.29. The second-order valence-corrected chi connectivity index (χ2v) is 8.11. The number of carbonyl (C=O) groups excluding carboxylic acids is 3. The molecule has 2 amide bonds. The van der Waals surface area contributed by atoms with Crippen LogP contribution in [-0.2, 0) is 19.1 Å². The van der Waals surface area contributed by atoms with E-state index < -0.39 is 29.7 Å². The van der Waals surface area contributed by atoms with Gasteiger partial charge in [-0.3, -0.25) is 14.4 Å². The van der Waals surface area contributed by atoms with Crippen molar-refractivity contribution in [2.45, 2.75) is 44.2 Å². The van der Waals surface area contributed by atoms with Gasteiger partial charge in [0, 0.05) is 30.3 Å². The van der Waals surface area contributed by atoms with E-state index in [1.807, 2.05) is 0 Å². The Bertz CT molecular complexity index is 942. The van der Waals surface area contributed by atoms with Gasteiger partial charge in [0.05, 0.1) is 5.92 Å². The van der Waals surface area contributed by atoms with Crippen molar-refractivity contribution in [3.63, 3.8) is 0 Å². The zero-order chi connectivity index (χ0) is 21.8. The third-order valence-corrected chi connectivity index (χ3v) is 5.94. The topological polar surface area (TPSA) is 75.7 Å². The van der Waals surface area contributed by atoms with Crippen LogP contribution in [-0.4, -0.2) is 35.3 Å². The molecule has 0 unspecified atom stereocenters. The van der Waals surface area contributed by atoms with Gasteiger partial charge in [0.1, 0.15) is 5.82 Å². The molecule has 1 aliphatic heterocycles. The van der Waals surface area contributed by atoms with E-state index in [4.69, 9.17) is 4.74 Å². The van der Waals surface area contributed by atoms with Crippen molar-refractivity contribution in [3.05, 3.63) is 66.0 Å². The molecule has 0 spiro atoms. The lowest BCUT2D eigenvalue weighted by Crippen LogP contribution is -2.35. The van der Waals surface area contributed by atoms with Crippen LogP contribution in [0.4, 0.5) is 10.1 Å². The summed E-state index contributed by atoms with van der Waals surface area (Å²) in [6, 6.07) is 14.3. The maximum Gasteiger partial charge on any atom is 0.312 e. The van der Waals surface area contributed by atoms with E-state index in [-0.39, 0.29) is 18.4 Å². The minimum absolute atomic E-state index is 0.0270. The van der Waals surface area contributed by atoms with Gasteiger partial charge in [-0.2, -0.15) is 0 Å². The molecule has 1 heterocycles. The molecule has 0 radical (unpaired) electrons. The number of halogens is 1. The largest absolute Gasteiger partial charge is 0.447 e. The summed E-state index contributed by atoms with van der Waals surface area (Å²) < 4.78 is 18.8. The summed E-state index contributed by atoms with van der Waals surface area (Å²) in [5.41, 5.74) is 0.916. The Morgan fingerprint density at radius 3 is 2.39 bits per heavy atom. The number of nitrogens with zero attached hydrogens (tertiary/aromatic N) is 1. The Morgan fingerprint density at radius 2 is 1.71 bits per heavy atom. The fourth-order valence-electron chi connectivity index (χ4n) is 4.31. The number of benzene rings is 2. The quantitative estimate of drug-likeness (QED) is 0.715. The standard InChI is InChI=1S/C24H25FN2O4/c25-18-10-12-19(13-11-18)26-23(29)22(16-6-2-1-3-7-16)31-24(30)17-14-21(28)27(15-17)20-8-4-5-9-20/h1-3,6-7,10-13,17,20,22H,4-5,8-9,14-15H2,(H,26,29)/t17-,22+/m1/s1. The Labute approximate surface area is 180 Å². The van der Waals surface area contributed by atoms with Crippen LogP contribution >= 0.6 is 0 Å². The SMILES string of the molecule is O=C(O[C@H](C(=O)Nc1ccc(F)cc1)c1ccccc1)[C@@H]1CC(=O)N(C2CCCC2)C1. The van der Waals surface area contributed by atoms with Gasteiger partial charge in [-0.25, -0.2) is 4.39 Å². The van der Waals surface area contributed by atoms with Crippen molar-refractivity contribution in [1.82, 2.24) is 4.90 Å². The van der Waals surface area contributed by atoms with Gasteiger partial charge in [0.25, 0.3) is 5.91 Å². The maximum atomic E-state index is 13.2. The molecule has 6 nitrogen and oxygen atoms in total. The fourth-order valence-corrected chi connectivity index (χ4v) is 4.31. The summed E-state index contributed by atoms with van der Waals surface area (Å²) in [7, 11) is 0. The summed E-state index contributed by atoms with van der Waals surface area (Å²) in [6.07, 6.45) is 3.08. The molecule has 1 N–H and O–H groups in total. The zero-order valence-electron chi connectivity index (χ0n) is 17.1. The molecule has 0 aromatic heterocycles. The number of carbonyl (C=O) groups is 3. The molecule has 162 valence electrons. The van der Waals surface area contributed by atoms with Gasteiger partial charge in [-0.1, -0.05) is 43.2 Å². The predicted octanol–water partition coefficient (Wildman–Crippen LogP) is 3.84. The summed E-state index contributed by atoms with van der Waals surface area (Å²) >= 11 is 0. The van der Waals surface area contributed by atoms with Crippen molar-refractivity contribution >= 4 is 23.5 Å². The van der Waals surface area contributed by atoms with E-state index in [0.29, 0.717) is 17.8 Å². The molecule has 2 aromatic carbocycles. The van der Waals surface area contributed by atoms with E-state index in [1.165, 1.54) is 24.3 Å². The number of anilines is 1. The van der Waals surface area contributed by atoms with Crippen LogP contribution in [0.15, 0.2) is 54.6 Å². The van der Waals surface area contributed by atoms with E-state index in [0.717, 1.165) is 25.7 Å². The van der Waals surface area contributed by atoms with Gasteiger partial charge in [0.2, 0.25) is 12.0 Å². The van der Waals surface area contributed by atoms with Crippen molar-refractivity contribution in [2.75, 3.05) is 11.9 Å². The Kier molecular flexibility index (Phi) is 6.30. The smallest absolute Gasteiger partial charge is 0.312 e. The monoisotopic (exact) mass is 424 g/mol. The number of esters is 1. The average molecular weight is 424 g/mol. The molecule has 2 atom stereocenters. The average Bonchev–Trinajstić information content (AvgIpc) is 3.43. The first-order valence-electron chi connectivity index (χ1n) is 10.6.